The van der Waals surface area contributed by atoms with Crippen molar-refractivity contribution in [2.45, 2.75) is 32.1 Å². The number of aryl methyl sites for hydroxylation is 1. The van der Waals surface area contributed by atoms with E-state index < -0.39 is 0 Å². The van der Waals surface area contributed by atoms with Crippen molar-refractivity contribution in [3.8, 4) is 0 Å². The van der Waals surface area contributed by atoms with Crippen LogP contribution in [0.2, 0.25) is 0 Å². The van der Waals surface area contributed by atoms with E-state index in [4.69, 9.17) is 0 Å². The minimum atomic E-state index is 1.03. The lowest BCUT2D eigenvalue weighted by atomic mass is 10.1. The second-order valence-corrected chi connectivity index (χ2v) is 4.87. The van der Waals surface area contributed by atoms with Crippen molar-refractivity contribution >= 4 is 0 Å². The highest BCUT2D eigenvalue weighted by Crippen LogP contribution is 2.05. The third-order valence-electron chi connectivity index (χ3n) is 3.29. The number of nitrogens with zero attached hydrogens (tertiary/aromatic N) is 1. The van der Waals surface area contributed by atoms with Crippen LogP contribution in [-0.4, -0.2) is 23.1 Å². The van der Waals surface area contributed by atoms with E-state index in [0.29, 0.717) is 0 Å². The Morgan fingerprint density at radius 3 is 2.63 bits per heavy atom. The smallest absolute Gasteiger partial charge is 0.0921 e. The van der Waals surface area contributed by atoms with Crippen LogP contribution < -0.4 is 5.32 Å². The summed E-state index contributed by atoms with van der Waals surface area (Å²) < 4.78 is 0. The maximum atomic E-state index is 4.01. The molecule has 0 aliphatic rings. The molecule has 0 saturated heterocycles. The summed E-state index contributed by atoms with van der Waals surface area (Å²) in [5.74, 6) is 0. The van der Waals surface area contributed by atoms with Gasteiger partial charge in [0, 0.05) is 24.9 Å². The van der Waals surface area contributed by atoms with Crippen LogP contribution in [-0.2, 0) is 12.8 Å². The molecule has 0 bridgehead atoms. The molecule has 3 nitrogen and oxygen atoms in total. The summed E-state index contributed by atoms with van der Waals surface area (Å²) in [7, 11) is 0. The molecule has 102 valence electrons. The molecule has 2 N–H and O–H groups in total. The van der Waals surface area contributed by atoms with E-state index in [0.717, 1.165) is 19.5 Å². The number of hydrogen-bond acceptors (Lipinski definition) is 2. The Morgan fingerprint density at radius 1 is 0.947 bits per heavy atom. The zero-order chi connectivity index (χ0) is 13.2. The van der Waals surface area contributed by atoms with Crippen molar-refractivity contribution in [3.05, 3.63) is 54.1 Å². The summed E-state index contributed by atoms with van der Waals surface area (Å²) in [6.45, 7) is 2.14. The first-order valence-electron chi connectivity index (χ1n) is 7.17. The van der Waals surface area contributed by atoms with E-state index >= 15 is 0 Å². The summed E-state index contributed by atoms with van der Waals surface area (Å²) in [5.41, 5.74) is 2.66. The molecule has 19 heavy (non-hydrogen) atoms. The van der Waals surface area contributed by atoms with Crippen molar-refractivity contribution in [2.75, 3.05) is 13.1 Å². The molecule has 1 aromatic carbocycles. The van der Waals surface area contributed by atoms with Crippen LogP contribution >= 0.6 is 0 Å². The number of unbranched alkanes of at least 4 members (excludes halogenated alkanes) is 2. The van der Waals surface area contributed by atoms with E-state index in [1.165, 1.54) is 36.9 Å². The molecule has 0 radical (unpaired) electrons. The van der Waals surface area contributed by atoms with Crippen LogP contribution in [0.5, 0.6) is 0 Å². The van der Waals surface area contributed by atoms with Crippen molar-refractivity contribution < 1.29 is 0 Å². The van der Waals surface area contributed by atoms with E-state index in [1.54, 1.807) is 6.33 Å². The average Bonchev–Trinajstić information content (AvgIpc) is 2.96. The van der Waals surface area contributed by atoms with Crippen LogP contribution in [0, 0.1) is 0 Å². The molecule has 0 unspecified atom stereocenters. The lowest BCUT2D eigenvalue weighted by Crippen LogP contribution is -2.18. The van der Waals surface area contributed by atoms with Gasteiger partial charge in [0.25, 0.3) is 0 Å². The minimum Gasteiger partial charge on any atom is -0.348 e. The second-order valence-electron chi connectivity index (χ2n) is 4.87. The molecule has 1 aromatic heterocycles. The van der Waals surface area contributed by atoms with E-state index in [2.05, 4.69) is 45.6 Å². The normalized spacial score (nSPS) is 10.7. The summed E-state index contributed by atoms with van der Waals surface area (Å²) in [4.78, 5) is 7.12. The first-order valence-corrected chi connectivity index (χ1v) is 7.17. The number of benzene rings is 1. The Morgan fingerprint density at radius 2 is 1.84 bits per heavy atom. The fourth-order valence-corrected chi connectivity index (χ4v) is 2.17. The third kappa shape index (κ3) is 5.71. The van der Waals surface area contributed by atoms with Crippen molar-refractivity contribution in [3.63, 3.8) is 0 Å². The highest BCUT2D eigenvalue weighted by molar-refractivity contribution is 5.14. The van der Waals surface area contributed by atoms with Crippen molar-refractivity contribution in [1.82, 2.24) is 15.3 Å². The van der Waals surface area contributed by atoms with Gasteiger partial charge < -0.3 is 10.3 Å². The zero-order valence-electron chi connectivity index (χ0n) is 11.4. The highest BCUT2D eigenvalue weighted by Gasteiger charge is 1.95. The number of rotatable bonds is 9. The standard InChI is InChI=1S/C16H23N3/c1-3-7-15(8-4-1)9-5-2-6-11-17-12-10-16-13-18-14-19-16/h1,3-4,7-8,13-14,17H,2,5-6,9-12H2,(H,18,19). The summed E-state index contributed by atoms with van der Waals surface area (Å²) >= 11 is 0. The second kappa shape index (κ2) is 8.48. The SMILES string of the molecule is c1ccc(CCCCCNCCc2cnc[nH]2)cc1. The number of imidazole rings is 1. The highest BCUT2D eigenvalue weighted by atomic mass is 14.9. The van der Waals surface area contributed by atoms with Gasteiger partial charge in [0.1, 0.15) is 0 Å². The maximum absolute atomic E-state index is 4.01. The largest absolute Gasteiger partial charge is 0.348 e. The fraction of sp³-hybridized carbons (Fsp3) is 0.438. The van der Waals surface area contributed by atoms with Gasteiger partial charge in [-0.3, -0.25) is 0 Å². The van der Waals surface area contributed by atoms with E-state index in [9.17, 15) is 0 Å². The zero-order valence-corrected chi connectivity index (χ0v) is 11.4. The number of H-pyrrole nitrogens is 1. The Balaban J connectivity index is 1.42. The van der Waals surface area contributed by atoms with Gasteiger partial charge in [-0.25, -0.2) is 4.98 Å². The molecule has 0 atom stereocenters. The lowest BCUT2D eigenvalue weighted by molar-refractivity contribution is 0.601. The van der Waals surface area contributed by atoms with Gasteiger partial charge in [0.2, 0.25) is 0 Å². The van der Waals surface area contributed by atoms with Crippen molar-refractivity contribution in [2.24, 2.45) is 0 Å². The third-order valence-corrected chi connectivity index (χ3v) is 3.29. The van der Waals surface area contributed by atoms with Gasteiger partial charge in [0.15, 0.2) is 0 Å². The van der Waals surface area contributed by atoms with Gasteiger partial charge in [0.05, 0.1) is 6.33 Å². The Kier molecular flexibility index (Phi) is 6.17. The minimum absolute atomic E-state index is 1.03. The molecule has 0 spiro atoms. The monoisotopic (exact) mass is 257 g/mol. The molecule has 0 amide bonds. The first kappa shape index (κ1) is 13.8. The van der Waals surface area contributed by atoms with Gasteiger partial charge in [-0.2, -0.15) is 0 Å². The molecule has 1 heterocycles. The van der Waals surface area contributed by atoms with Gasteiger partial charge in [-0.15, -0.1) is 0 Å². The molecule has 0 aliphatic carbocycles. The van der Waals surface area contributed by atoms with Crippen molar-refractivity contribution in [1.29, 1.82) is 0 Å². The predicted octanol–water partition coefficient (Wildman–Crippen LogP) is 2.95. The van der Waals surface area contributed by atoms with Crippen LogP contribution in [0.25, 0.3) is 0 Å². The van der Waals surface area contributed by atoms with Crippen LogP contribution in [0.3, 0.4) is 0 Å². The molecule has 0 aliphatic heterocycles. The fourth-order valence-electron chi connectivity index (χ4n) is 2.17. The average molecular weight is 257 g/mol. The Labute approximate surface area is 115 Å². The molecule has 2 rings (SSSR count). The summed E-state index contributed by atoms with van der Waals surface area (Å²) in [6.07, 6.45) is 9.70. The van der Waals surface area contributed by atoms with E-state index in [1.807, 2.05) is 6.20 Å². The molecule has 0 fully saturated rings. The van der Waals surface area contributed by atoms with E-state index in [-0.39, 0.29) is 0 Å². The number of aromatic amines is 1. The quantitative estimate of drug-likeness (QED) is 0.678. The maximum Gasteiger partial charge on any atom is 0.0921 e. The van der Waals surface area contributed by atoms with Crippen LogP contribution in [0.4, 0.5) is 0 Å². The van der Waals surface area contributed by atoms with Gasteiger partial charge in [-0.1, -0.05) is 36.8 Å². The number of hydrogen-bond donors (Lipinski definition) is 2. The number of nitrogens with one attached hydrogen (secondary N) is 2. The lowest BCUT2D eigenvalue weighted by Gasteiger charge is -2.04. The molecular formula is C16H23N3. The number of aromatic nitrogens is 2. The molecule has 3 heteroatoms. The van der Waals surface area contributed by atoms with Gasteiger partial charge in [-0.05, 0) is 31.4 Å². The topological polar surface area (TPSA) is 40.7 Å². The molecule has 0 saturated carbocycles. The Hall–Kier alpha value is -1.61. The summed E-state index contributed by atoms with van der Waals surface area (Å²) in [6, 6.07) is 10.7. The first-order chi connectivity index (χ1) is 9.45. The van der Waals surface area contributed by atoms with Gasteiger partial charge >= 0.3 is 0 Å². The summed E-state index contributed by atoms with van der Waals surface area (Å²) in [5, 5.41) is 3.47. The predicted molar refractivity (Wildman–Crippen MR) is 79.2 cm³/mol. The van der Waals surface area contributed by atoms with Crippen LogP contribution in [0.15, 0.2) is 42.9 Å². The van der Waals surface area contributed by atoms with Crippen LogP contribution in [0.1, 0.15) is 30.5 Å². The Bertz CT molecular complexity index is 423. The molecular weight excluding hydrogens is 234 g/mol. The molecule has 2 aromatic rings.